The summed E-state index contributed by atoms with van der Waals surface area (Å²) in [5.74, 6) is 1.86. The third-order valence-electron chi connectivity index (χ3n) is 3.66. The molecule has 1 aliphatic heterocycles. The van der Waals surface area contributed by atoms with E-state index in [1.165, 1.54) is 0 Å². The van der Waals surface area contributed by atoms with Gasteiger partial charge >= 0.3 is 0 Å². The average molecular weight is 278 g/mol. The molecule has 1 amide bonds. The molecule has 0 bridgehead atoms. The molecule has 1 atom stereocenters. The van der Waals surface area contributed by atoms with Crippen LogP contribution in [0.15, 0.2) is 18.2 Å². The minimum atomic E-state index is 0.0424. The fourth-order valence-corrected chi connectivity index (χ4v) is 2.59. The lowest BCUT2D eigenvalue weighted by atomic mass is 10.1. The van der Waals surface area contributed by atoms with Gasteiger partial charge in [-0.1, -0.05) is 0 Å². The Bertz CT molecular complexity index is 454. The molecule has 1 aliphatic rings. The number of nitrogens with zero attached hydrogens (tertiary/aromatic N) is 1. The Balaban J connectivity index is 2.13. The van der Waals surface area contributed by atoms with Gasteiger partial charge in [0.25, 0.3) is 5.91 Å². The quantitative estimate of drug-likeness (QED) is 0.884. The smallest absolute Gasteiger partial charge is 0.254 e. The number of amides is 1. The van der Waals surface area contributed by atoms with Crippen LogP contribution in [0.1, 0.15) is 16.8 Å². The van der Waals surface area contributed by atoms with Crippen LogP contribution in [0.5, 0.6) is 11.5 Å². The molecule has 20 heavy (non-hydrogen) atoms. The van der Waals surface area contributed by atoms with Gasteiger partial charge in [-0.25, -0.2) is 0 Å². The second-order valence-corrected chi connectivity index (χ2v) is 5.06. The molecule has 1 aromatic rings. The van der Waals surface area contributed by atoms with Gasteiger partial charge in [-0.15, -0.1) is 0 Å². The number of rotatable bonds is 5. The minimum Gasteiger partial charge on any atom is -0.497 e. The molecule has 5 nitrogen and oxygen atoms in total. The van der Waals surface area contributed by atoms with Crippen molar-refractivity contribution in [2.75, 3.05) is 40.9 Å². The number of likely N-dealkylation sites (tertiary alicyclic amines) is 1. The molecule has 0 saturated carbocycles. The molecule has 2 rings (SSSR count). The van der Waals surface area contributed by atoms with Gasteiger partial charge in [0.2, 0.25) is 0 Å². The van der Waals surface area contributed by atoms with Crippen molar-refractivity contribution < 1.29 is 14.3 Å². The number of nitrogens with one attached hydrogen (secondary N) is 1. The summed E-state index contributed by atoms with van der Waals surface area (Å²) in [6, 6.07) is 5.29. The zero-order valence-electron chi connectivity index (χ0n) is 12.3. The second-order valence-electron chi connectivity index (χ2n) is 5.06. The Morgan fingerprint density at radius 3 is 2.50 bits per heavy atom. The van der Waals surface area contributed by atoms with Crippen molar-refractivity contribution in [2.45, 2.75) is 6.42 Å². The summed E-state index contributed by atoms with van der Waals surface area (Å²) < 4.78 is 10.4. The number of hydrogen-bond donors (Lipinski definition) is 1. The Morgan fingerprint density at radius 2 is 1.95 bits per heavy atom. The highest BCUT2D eigenvalue weighted by atomic mass is 16.5. The first-order valence-electron chi connectivity index (χ1n) is 6.85. The zero-order chi connectivity index (χ0) is 14.5. The van der Waals surface area contributed by atoms with E-state index in [1.807, 2.05) is 11.9 Å². The molecule has 5 heteroatoms. The van der Waals surface area contributed by atoms with Gasteiger partial charge in [-0.2, -0.15) is 0 Å². The lowest BCUT2D eigenvalue weighted by Crippen LogP contribution is -2.30. The molecule has 0 aliphatic carbocycles. The molecule has 1 N–H and O–H groups in total. The van der Waals surface area contributed by atoms with E-state index >= 15 is 0 Å². The largest absolute Gasteiger partial charge is 0.497 e. The van der Waals surface area contributed by atoms with Crippen LogP contribution in [0.4, 0.5) is 0 Å². The molecule has 1 fully saturated rings. The van der Waals surface area contributed by atoms with E-state index in [-0.39, 0.29) is 5.91 Å². The van der Waals surface area contributed by atoms with Crippen LogP contribution in [0.2, 0.25) is 0 Å². The molecule has 0 aromatic heterocycles. The first-order valence-corrected chi connectivity index (χ1v) is 6.85. The number of carbonyl (C=O) groups is 1. The molecule has 1 saturated heterocycles. The van der Waals surface area contributed by atoms with E-state index in [1.54, 1.807) is 32.4 Å². The summed E-state index contributed by atoms with van der Waals surface area (Å²) in [6.07, 6.45) is 1.05. The summed E-state index contributed by atoms with van der Waals surface area (Å²) in [5, 5.41) is 3.17. The van der Waals surface area contributed by atoms with Gasteiger partial charge in [0.05, 0.1) is 14.2 Å². The third kappa shape index (κ3) is 3.22. The lowest BCUT2D eigenvalue weighted by molar-refractivity contribution is 0.0786. The molecule has 0 unspecified atom stereocenters. The normalized spacial score (nSPS) is 18.1. The first kappa shape index (κ1) is 14.7. The van der Waals surface area contributed by atoms with Gasteiger partial charge in [0.15, 0.2) is 0 Å². The van der Waals surface area contributed by atoms with Crippen molar-refractivity contribution in [2.24, 2.45) is 5.92 Å². The summed E-state index contributed by atoms with van der Waals surface area (Å²) in [5.41, 5.74) is 0.617. The van der Waals surface area contributed by atoms with Crippen LogP contribution in [0, 0.1) is 5.92 Å². The number of carbonyl (C=O) groups excluding carboxylic acids is 1. The van der Waals surface area contributed by atoms with Crippen molar-refractivity contribution in [1.82, 2.24) is 10.2 Å². The predicted octanol–water partition coefficient (Wildman–Crippen LogP) is 1.39. The topological polar surface area (TPSA) is 50.8 Å². The maximum absolute atomic E-state index is 12.5. The highest BCUT2D eigenvalue weighted by Gasteiger charge is 2.26. The summed E-state index contributed by atoms with van der Waals surface area (Å²) in [6.45, 7) is 2.56. The molecular weight excluding hydrogens is 256 g/mol. The summed E-state index contributed by atoms with van der Waals surface area (Å²) in [7, 11) is 5.11. The monoisotopic (exact) mass is 278 g/mol. The Hall–Kier alpha value is -1.75. The van der Waals surface area contributed by atoms with E-state index in [0.717, 1.165) is 26.1 Å². The fourth-order valence-electron chi connectivity index (χ4n) is 2.59. The summed E-state index contributed by atoms with van der Waals surface area (Å²) >= 11 is 0. The fraction of sp³-hybridized carbons (Fsp3) is 0.533. The molecule has 1 aromatic carbocycles. The van der Waals surface area contributed by atoms with E-state index in [2.05, 4.69) is 5.32 Å². The van der Waals surface area contributed by atoms with Crippen LogP contribution in [-0.4, -0.2) is 51.7 Å². The van der Waals surface area contributed by atoms with E-state index in [4.69, 9.17) is 9.47 Å². The average Bonchev–Trinajstić information content (AvgIpc) is 2.94. The standard InChI is InChI=1S/C15H22N2O3/c1-16-9-11-4-5-17(10-11)15(18)12-6-13(19-2)8-14(7-12)20-3/h6-8,11,16H,4-5,9-10H2,1-3H3/t11-/m0/s1. The number of ether oxygens (including phenoxy) is 2. The van der Waals surface area contributed by atoms with Crippen molar-refractivity contribution >= 4 is 5.91 Å². The van der Waals surface area contributed by atoms with E-state index < -0.39 is 0 Å². The molecular formula is C15H22N2O3. The lowest BCUT2D eigenvalue weighted by Gasteiger charge is -2.17. The Kier molecular flexibility index (Phi) is 4.84. The van der Waals surface area contributed by atoms with Crippen molar-refractivity contribution in [1.29, 1.82) is 0 Å². The number of benzene rings is 1. The van der Waals surface area contributed by atoms with Crippen LogP contribution >= 0.6 is 0 Å². The maximum atomic E-state index is 12.5. The molecule has 0 radical (unpaired) electrons. The Labute approximate surface area is 119 Å². The highest BCUT2D eigenvalue weighted by Crippen LogP contribution is 2.25. The van der Waals surface area contributed by atoms with Crippen LogP contribution in [0.3, 0.4) is 0 Å². The Morgan fingerprint density at radius 1 is 1.30 bits per heavy atom. The number of methoxy groups -OCH3 is 2. The van der Waals surface area contributed by atoms with Gasteiger partial charge in [0.1, 0.15) is 11.5 Å². The van der Waals surface area contributed by atoms with E-state index in [9.17, 15) is 4.79 Å². The highest BCUT2D eigenvalue weighted by molar-refractivity contribution is 5.95. The molecule has 1 heterocycles. The second kappa shape index (κ2) is 6.61. The van der Waals surface area contributed by atoms with Crippen molar-refractivity contribution in [3.63, 3.8) is 0 Å². The van der Waals surface area contributed by atoms with Gasteiger partial charge in [-0.3, -0.25) is 4.79 Å². The maximum Gasteiger partial charge on any atom is 0.254 e. The van der Waals surface area contributed by atoms with E-state index in [0.29, 0.717) is 23.0 Å². The van der Waals surface area contributed by atoms with Gasteiger partial charge < -0.3 is 19.7 Å². The first-order chi connectivity index (χ1) is 9.67. The summed E-state index contributed by atoms with van der Waals surface area (Å²) in [4.78, 5) is 14.4. The number of hydrogen-bond acceptors (Lipinski definition) is 4. The van der Waals surface area contributed by atoms with Crippen molar-refractivity contribution in [3.8, 4) is 11.5 Å². The SMILES string of the molecule is CNC[C@@H]1CCN(C(=O)c2cc(OC)cc(OC)c2)C1. The van der Waals surface area contributed by atoms with Crippen LogP contribution in [-0.2, 0) is 0 Å². The van der Waals surface area contributed by atoms with Gasteiger partial charge in [-0.05, 0) is 38.1 Å². The van der Waals surface area contributed by atoms with Crippen LogP contribution < -0.4 is 14.8 Å². The predicted molar refractivity (Wildman–Crippen MR) is 77.5 cm³/mol. The van der Waals surface area contributed by atoms with Crippen LogP contribution in [0.25, 0.3) is 0 Å². The third-order valence-corrected chi connectivity index (χ3v) is 3.66. The van der Waals surface area contributed by atoms with Gasteiger partial charge in [0, 0.05) is 24.7 Å². The molecule has 110 valence electrons. The van der Waals surface area contributed by atoms with Crippen molar-refractivity contribution in [3.05, 3.63) is 23.8 Å². The zero-order valence-corrected chi connectivity index (χ0v) is 12.3. The minimum absolute atomic E-state index is 0.0424. The molecule has 0 spiro atoms.